The van der Waals surface area contributed by atoms with Gasteiger partial charge in [-0.2, -0.15) is 0 Å². The largest absolute Gasteiger partial charge is 0.475 e. The van der Waals surface area contributed by atoms with E-state index >= 15 is 0 Å². The third kappa shape index (κ3) is 1.28. The molecule has 0 radical (unpaired) electrons. The van der Waals surface area contributed by atoms with Gasteiger partial charge in [-0.05, 0) is 12.1 Å². The topological polar surface area (TPSA) is 76.5 Å². The quantitative estimate of drug-likeness (QED) is 0.788. The van der Waals surface area contributed by atoms with Crippen molar-refractivity contribution in [2.45, 2.75) is 6.92 Å². The van der Waals surface area contributed by atoms with Gasteiger partial charge in [0.1, 0.15) is 0 Å². The molecule has 0 aliphatic rings. The van der Waals surface area contributed by atoms with Crippen LogP contribution in [0.5, 0.6) is 0 Å². The van der Waals surface area contributed by atoms with Crippen LogP contribution in [0.1, 0.15) is 16.4 Å². The van der Waals surface area contributed by atoms with Crippen LogP contribution in [-0.4, -0.2) is 16.1 Å². The molecule has 5 nitrogen and oxygen atoms in total. The van der Waals surface area contributed by atoms with Crippen LogP contribution in [0.15, 0.2) is 27.2 Å². The van der Waals surface area contributed by atoms with Crippen LogP contribution in [0.2, 0.25) is 0 Å². The molecule has 2 heterocycles. The third-order valence-electron chi connectivity index (χ3n) is 1.68. The lowest BCUT2D eigenvalue weighted by molar-refractivity contribution is 0.0662. The molecule has 0 fully saturated rings. The molecule has 2 aromatic rings. The van der Waals surface area contributed by atoms with E-state index in [1.165, 1.54) is 6.26 Å². The van der Waals surface area contributed by atoms with E-state index in [4.69, 9.17) is 13.9 Å². The van der Waals surface area contributed by atoms with Crippen molar-refractivity contribution in [2.75, 3.05) is 0 Å². The zero-order valence-corrected chi connectivity index (χ0v) is 7.35. The summed E-state index contributed by atoms with van der Waals surface area (Å²) in [6.07, 6.45) is 1.45. The fraction of sp³-hybridized carbons (Fsp3) is 0.111. The van der Waals surface area contributed by atoms with Gasteiger partial charge in [-0.1, -0.05) is 0 Å². The van der Waals surface area contributed by atoms with Crippen LogP contribution in [0.25, 0.3) is 11.5 Å². The summed E-state index contributed by atoms with van der Waals surface area (Å²) < 4.78 is 9.97. The molecule has 0 aromatic carbocycles. The zero-order chi connectivity index (χ0) is 10.1. The molecule has 0 saturated heterocycles. The first-order chi connectivity index (χ1) is 6.68. The number of carbonyl (C=O) groups is 1. The molecule has 0 saturated carbocycles. The maximum absolute atomic E-state index is 10.8. The van der Waals surface area contributed by atoms with Crippen LogP contribution in [0.4, 0.5) is 0 Å². The van der Waals surface area contributed by atoms with Crippen molar-refractivity contribution in [3.05, 3.63) is 30.0 Å². The second kappa shape index (κ2) is 3.02. The molecular formula is C9H7NO4. The fourth-order valence-corrected chi connectivity index (χ4v) is 1.15. The monoisotopic (exact) mass is 193 g/mol. The van der Waals surface area contributed by atoms with E-state index in [0.717, 1.165) is 0 Å². The van der Waals surface area contributed by atoms with E-state index in [0.29, 0.717) is 11.7 Å². The van der Waals surface area contributed by atoms with Crippen molar-refractivity contribution in [1.29, 1.82) is 0 Å². The summed E-state index contributed by atoms with van der Waals surface area (Å²) >= 11 is 0. The third-order valence-corrected chi connectivity index (χ3v) is 1.68. The van der Waals surface area contributed by atoms with Gasteiger partial charge >= 0.3 is 5.97 Å². The number of aromatic carboxylic acids is 1. The highest BCUT2D eigenvalue weighted by molar-refractivity contribution is 5.90. The first kappa shape index (κ1) is 8.55. The number of rotatable bonds is 2. The highest BCUT2D eigenvalue weighted by Gasteiger charge is 2.20. The lowest BCUT2D eigenvalue weighted by Gasteiger charge is -1.90. The average molecular weight is 193 g/mol. The minimum atomic E-state index is -1.16. The molecule has 72 valence electrons. The molecule has 0 amide bonds. The van der Waals surface area contributed by atoms with Gasteiger partial charge in [-0.25, -0.2) is 9.78 Å². The molecule has 2 aromatic heterocycles. The number of aromatic nitrogens is 1. The molecule has 0 spiro atoms. The van der Waals surface area contributed by atoms with Gasteiger partial charge < -0.3 is 13.9 Å². The van der Waals surface area contributed by atoms with E-state index in [-0.39, 0.29) is 11.5 Å². The number of hydrogen-bond acceptors (Lipinski definition) is 4. The maximum atomic E-state index is 10.8. The summed E-state index contributed by atoms with van der Waals surface area (Å²) in [5.74, 6) is -0.664. The summed E-state index contributed by atoms with van der Waals surface area (Å²) in [6.45, 7) is 1.58. The first-order valence-corrected chi connectivity index (χ1v) is 3.93. The Hall–Kier alpha value is -2.04. The minimum absolute atomic E-state index is 0.197. The van der Waals surface area contributed by atoms with E-state index in [9.17, 15) is 4.79 Å². The van der Waals surface area contributed by atoms with Crippen LogP contribution in [-0.2, 0) is 0 Å². The molecule has 0 bridgehead atoms. The van der Waals surface area contributed by atoms with Gasteiger partial charge in [-0.15, -0.1) is 0 Å². The van der Waals surface area contributed by atoms with Gasteiger partial charge in [0.05, 0.1) is 6.26 Å². The SMILES string of the molecule is Cc1nc(-c2ccco2)c(C(=O)O)o1. The molecule has 0 aliphatic carbocycles. The average Bonchev–Trinajstić information content (AvgIpc) is 2.70. The van der Waals surface area contributed by atoms with E-state index < -0.39 is 5.97 Å². The molecule has 0 unspecified atom stereocenters. The van der Waals surface area contributed by atoms with E-state index in [1.807, 2.05) is 0 Å². The van der Waals surface area contributed by atoms with Crippen molar-refractivity contribution in [1.82, 2.24) is 4.98 Å². The Labute approximate surface area is 79.0 Å². The minimum Gasteiger partial charge on any atom is -0.475 e. The number of aryl methyl sites for hydroxylation is 1. The Balaban J connectivity index is 2.58. The second-order valence-corrected chi connectivity index (χ2v) is 2.69. The molecular weight excluding hydrogens is 186 g/mol. The van der Waals surface area contributed by atoms with Crippen molar-refractivity contribution in [3.63, 3.8) is 0 Å². The van der Waals surface area contributed by atoms with Crippen LogP contribution in [0, 0.1) is 6.92 Å². The van der Waals surface area contributed by atoms with Crippen LogP contribution in [0.3, 0.4) is 0 Å². The van der Waals surface area contributed by atoms with Gasteiger partial charge in [0, 0.05) is 6.92 Å². The second-order valence-electron chi connectivity index (χ2n) is 2.69. The van der Waals surface area contributed by atoms with Gasteiger partial charge in [0.15, 0.2) is 17.3 Å². The summed E-state index contributed by atoms with van der Waals surface area (Å²) in [4.78, 5) is 14.7. The Bertz CT molecular complexity index is 455. The molecule has 0 atom stereocenters. The normalized spacial score (nSPS) is 10.4. The number of carboxylic acids is 1. The van der Waals surface area contributed by atoms with E-state index in [2.05, 4.69) is 4.98 Å². The molecule has 14 heavy (non-hydrogen) atoms. The first-order valence-electron chi connectivity index (χ1n) is 3.93. The number of furan rings is 1. The number of oxazole rings is 1. The standard InChI is InChI=1S/C9H7NO4/c1-5-10-7(6-3-2-4-13-6)8(14-5)9(11)12/h2-4H,1H3,(H,11,12). The van der Waals surface area contributed by atoms with Crippen molar-refractivity contribution in [3.8, 4) is 11.5 Å². The molecule has 5 heteroatoms. The molecule has 1 N–H and O–H groups in total. The van der Waals surface area contributed by atoms with Crippen molar-refractivity contribution in [2.24, 2.45) is 0 Å². The lowest BCUT2D eigenvalue weighted by atomic mass is 10.3. The Morgan fingerprint density at radius 3 is 2.93 bits per heavy atom. The Kier molecular flexibility index (Phi) is 1.85. The summed E-state index contributed by atoms with van der Waals surface area (Å²) in [5, 5.41) is 8.80. The Morgan fingerprint density at radius 2 is 2.36 bits per heavy atom. The summed E-state index contributed by atoms with van der Waals surface area (Å²) in [7, 11) is 0. The fourth-order valence-electron chi connectivity index (χ4n) is 1.15. The smallest absolute Gasteiger partial charge is 0.374 e. The highest BCUT2D eigenvalue weighted by Crippen LogP contribution is 2.23. The van der Waals surface area contributed by atoms with Crippen LogP contribution < -0.4 is 0 Å². The number of nitrogens with zero attached hydrogens (tertiary/aromatic N) is 1. The zero-order valence-electron chi connectivity index (χ0n) is 7.35. The van der Waals surface area contributed by atoms with Gasteiger partial charge in [0.25, 0.3) is 0 Å². The van der Waals surface area contributed by atoms with E-state index in [1.54, 1.807) is 19.1 Å². The number of carboxylic acid groups (broad SMARTS) is 1. The highest BCUT2D eigenvalue weighted by atomic mass is 16.4. The summed E-state index contributed by atoms with van der Waals surface area (Å²) in [6, 6.07) is 3.29. The predicted octanol–water partition coefficient (Wildman–Crippen LogP) is 1.94. The van der Waals surface area contributed by atoms with Crippen molar-refractivity contribution >= 4 is 5.97 Å². The number of hydrogen-bond donors (Lipinski definition) is 1. The summed E-state index contributed by atoms with van der Waals surface area (Å²) in [5.41, 5.74) is 0.222. The molecule has 0 aliphatic heterocycles. The van der Waals surface area contributed by atoms with Crippen LogP contribution >= 0.6 is 0 Å². The van der Waals surface area contributed by atoms with Gasteiger partial charge in [-0.3, -0.25) is 0 Å². The van der Waals surface area contributed by atoms with Gasteiger partial charge in [0.2, 0.25) is 5.76 Å². The molecule has 2 rings (SSSR count). The maximum Gasteiger partial charge on any atom is 0.374 e. The Morgan fingerprint density at radius 1 is 1.57 bits per heavy atom. The van der Waals surface area contributed by atoms with Crippen molar-refractivity contribution < 1.29 is 18.7 Å². The predicted molar refractivity (Wildman–Crippen MR) is 45.9 cm³/mol. The lowest BCUT2D eigenvalue weighted by Crippen LogP contribution is -1.95.